The Labute approximate surface area is 225 Å². The number of methoxy groups -OCH3 is 4. The molecule has 10 heteroatoms. The van der Waals surface area contributed by atoms with Crippen molar-refractivity contribution < 1.29 is 28.5 Å². The van der Waals surface area contributed by atoms with Crippen molar-refractivity contribution in [3.8, 4) is 22.8 Å². The summed E-state index contributed by atoms with van der Waals surface area (Å²) in [5.74, 6) is -0.447. The second-order valence-electron chi connectivity index (χ2n) is 8.48. The minimum Gasteiger partial charge on any atom is -0.493 e. The van der Waals surface area contributed by atoms with Crippen molar-refractivity contribution in [3.05, 3.63) is 75.9 Å². The van der Waals surface area contributed by atoms with Crippen LogP contribution in [0.4, 0.5) is 10.8 Å². The number of thiazole rings is 1. The number of ether oxygens (including phenoxy) is 4. The van der Waals surface area contributed by atoms with Crippen molar-refractivity contribution in [1.82, 2.24) is 10.3 Å². The molecule has 0 aliphatic carbocycles. The standard InChI is InChI=1S/C28H29N3O6S/c1-15-23(26(32)36-5)25(24(16(2)29-15)27(33)37-6)18-8-7-9-19(12-18)30-28-31-20(14-38-28)17-10-11-21(34-3)22(13-17)35-4/h7-14,25,29H,1-6H3,(H,30,31). The van der Waals surface area contributed by atoms with Gasteiger partial charge in [-0.3, -0.25) is 0 Å². The summed E-state index contributed by atoms with van der Waals surface area (Å²) < 4.78 is 20.8. The summed E-state index contributed by atoms with van der Waals surface area (Å²) in [6.07, 6.45) is 0. The van der Waals surface area contributed by atoms with E-state index in [1.165, 1.54) is 25.6 Å². The first-order valence-electron chi connectivity index (χ1n) is 11.7. The molecule has 0 spiro atoms. The number of carbonyl (C=O) groups is 2. The Morgan fingerprint density at radius 1 is 0.895 bits per heavy atom. The fourth-order valence-corrected chi connectivity index (χ4v) is 5.21. The van der Waals surface area contributed by atoms with Crippen LogP contribution in [0.15, 0.2) is 70.4 Å². The number of nitrogens with zero attached hydrogens (tertiary/aromatic N) is 1. The van der Waals surface area contributed by atoms with Crippen LogP contribution >= 0.6 is 11.3 Å². The first-order valence-corrected chi connectivity index (χ1v) is 12.6. The van der Waals surface area contributed by atoms with Gasteiger partial charge in [-0.05, 0) is 49.7 Å². The molecule has 1 aromatic heterocycles. The van der Waals surface area contributed by atoms with Crippen LogP contribution in [0.5, 0.6) is 11.5 Å². The fraction of sp³-hybridized carbons (Fsp3) is 0.250. The average Bonchev–Trinajstić information content (AvgIpc) is 3.39. The van der Waals surface area contributed by atoms with Gasteiger partial charge >= 0.3 is 11.9 Å². The number of hydrogen-bond acceptors (Lipinski definition) is 10. The summed E-state index contributed by atoms with van der Waals surface area (Å²) in [6, 6.07) is 13.1. The number of allylic oxidation sites excluding steroid dienone is 2. The average molecular weight is 536 g/mol. The van der Waals surface area contributed by atoms with E-state index in [2.05, 4.69) is 10.6 Å². The van der Waals surface area contributed by atoms with E-state index in [-0.39, 0.29) is 0 Å². The maximum atomic E-state index is 12.8. The number of benzene rings is 2. The number of rotatable bonds is 8. The van der Waals surface area contributed by atoms with Gasteiger partial charge in [-0.1, -0.05) is 12.1 Å². The minimum atomic E-state index is -0.670. The second kappa shape index (κ2) is 11.4. The van der Waals surface area contributed by atoms with E-state index in [1.54, 1.807) is 28.1 Å². The third-order valence-corrected chi connectivity index (χ3v) is 6.98. The van der Waals surface area contributed by atoms with E-state index in [1.807, 2.05) is 47.8 Å². The van der Waals surface area contributed by atoms with E-state index in [0.29, 0.717) is 39.2 Å². The second-order valence-corrected chi connectivity index (χ2v) is 9.33. The predicted octanol–water partition coefficient (Wildman–Crippen LogP) is 5.15. The van der Waals surface area contributed by atoms with Gasteiger partial charge in [0.2, 0.25) is 0 Å². The van der Waals surface area contributed by atoms with Crippen molar-refractivity contribution in [1.29, 1.82) is 0 Å². The van der Waals surface area contributed by atoms with E-state index in [0.717, 1.165) is 22.5 Å². The maximum Gasteiger partial charge on any atom is 0.336 e. The number of dihydropyridines is 1. The Morgan fingerprint density at radius 2 is 1.55 bits per heavy atom. The van der Waals surface area contributed by atoms with Gasteiger partial charge in [0.25, 0.3) is 0 Å². The van der Waals surface area contributed by atoms with Crippen molar-refractivity contribution in [2.24, 2.45) is 0 Å². The summed E-state index contributed by atoms with van der Waals surface area (Å²) in [5, 5.41) is 9.07. The van der Waals surface area contributed by atoms with Crippen LogP contribution in [0.25, 0.3) is 11.3 Å². The molecule has 9 nitrogen and oxygen atoms in total. The lowest BCUT2D eigenvalue weighted by Gasteiger charge is -2.30. The molecule has 0 unspecified atom stereocenters. The maximum absolute atomic E-state index is 12.8. The number of hydrogen-bond donors (Lipinski definition) is 2. The zero-order valence-corrected chi connectivity index (χ0v) is 22.8. The lowest BCUT2D eigenvalue weighted by atomic mass is 9.80. The van der Waals surface area contributed by atoms with Gasteiger partial charge in [-0.15, -0.1) is 11.3 Å². The topological polar surface area (TPSA) is 108 Å². The molecule has 0 atom stereocenters. The highest BCUT2D eigenvalue weighted by Crippen LogP contribution is 2.40. The molecule has 0 fully saturated rings. The molecule has 0 amide bonds. The molecule has 2 aromatic carbocycles. The van der Waals surface area contributed by atoms with Crippen LogP contribution in [0, 0.1) is 0 Å². The normalized spacial score (nSPS) is 13.6. The summed E-state index contributed by atoms with van der Waals surface area (Å²) in [6.45, 7) is 3.56. The third kappa shape index (κ3) is 5.21. The highest BCUT2D eigenvalue weighted by atomic mass is 32.1. The molecule has 2 heterocycles. The Morgan fingerprint density at radius 3 is 2.16 bits per heavy atom. The predicted molar refractivity (Wildman–Crippen MR) is 146 cm³/mol. The molecular weight excluding hydrogens is 506 g/mol. The van der Waals surface area contributed by atoms with Crippen LogP contribution in [0.1, 0.15) is 25.3 Å². The molecule has 1 aliphatic rings. The van der Waals surface area contributed by atoms with E-state index >= 15 is 0 Å². The number of nitrogens with one attached hydrogen (secondary N) is 2. The van der Waals surface area contributed by atoms with Gasteiger partial charge in [0.05, 0.1) is 51.2 Å². The Bertz CT molecular complexity index is 1400. The zero-order chi connectivity index (χ0) is 27.4. The molecule has 2 N–H and O–H groups in total. The SMILES string of the molecule is COC(=O)C1=C(C)NC(C)=C(C(=O)OC)C1c1cccc(Nc2nc(-c3ccc(OC)c(OC)c3)cs2)c1. The fourth-order valence-electron chi connectivity index (χ4n) is 4.47. The van der Waals surface area contributed by atoms with Crippen molar-refractivity contribution >= 4 is 34.1 Å². The lowest BCUT2D eigenvalue weighted by Crippen LogP contribution is -2.32. The number of anilines is 2. The smallest absolute Gasteiger partial charge is 0.336 e. The highest BCUT2D eigenvalue weighted by molar-refractivity contribution is 7.14. The first-order chi connectivity index (χ1) is 18.3. The molecule has 3 aromatic rings. The van der Waals surface area contributed by atoms with Crippen molar-refractivity contribution in [3.63, 3.8) is 0 Å². The van der Waals surface area contributed by atoms with E-state index in [4.69, 9.17) is 23.9 Å². The highest BCUT2D eigenvalue weighted by Gasteiger charge is 2.37. The van der Waals surface area contributed by atoms with Gasteiger partial charge in [0.15, 0.2) is 16.6 Å². The Hall–Kier alpha value is -4.31. The molecule has 1 aliphatic heterocycles. The molecule has 0 saturated heterocycles. The van der Waals surface area contributed by atoms with Crippen LogP contribution in [0.3, 0.4) is 0 Å². The summed E-state index contributed by atoms with van der Waals surface area (Å²) in [4.78, 5) is 30.3. The Kier molecular flexibility index (Phi) is 8.02. The molecular formula is C28H29N3O6S. The first kappa shape index (κ1) is 26.7. The molecule has 4 rings (SSSR count). The zero-order valence-electron chi connectivity index (χ0n) is 22.0. The van der Waals surface area contributed by atoms with E-state index in [9.17, 15) is 9.59 Å². The van der Waals surface area contributed by atoms with Gasteiger partial charge in [0, 0.05) is 28.0 Å². The largest absolute Gasteiger partial charge is 0.493 e. The summed E-state index contributed by atoms with van der Waals surface area (Å²) in [7, 11) is 5.82. The van der Waals surface area contributed by atoms with Crippen LogP contribution in [0.2, 0.25) is 0 Å². The third-order valence-electron chi connectivity index (χ3n) is 6.23. The van der Waals surface area contributed by atoms with Crippen molar-refractivity contribution in [2.75, 3.05) is 33.8 Å². The quantitative estimate of drug-likeness (QED) is 0.379. The van der Waals surface area contributed by atoms with Gasteiger partial charge < -0.3 is 29.6 Å². The lowest BCUT2D eigenvalue weighted by molar-refractivity contribution is -0.137. The van der Waals surface area contributed by atoms with Crippen LogP contribution < -0.4 is 20.1 Å². The number of esters is 2. The molecule has 0 bridgehead atoms. The van der Waals surface area contributed by atoms with E-state index < -0.39 is 17.9 Å². The van der Waals surface area contributed by atoms with Crippen LogP contribution in [-0.2, 0) is 19.1 Å². The van der Waals surface area contributed by atoms with Gasteiger partial charge in [0.1, 0.15) is 0 Å². The van der Waals surface area contributed by atoms with Gasteiger partial charge in [-0.2, -0.15) is 0 Å². The number of carbonyl (C=O) groups excluding carboxylic acids is 2. The van der Waals surface area contributed by atoms with Crippen LogP contribution in [-0.4, -0.2) is 45.4 Å². The summed E-state index contributed by atoms with van der Waals surface area (Å²) in [5.41, 5.74) is 5.08. The molecule has 38 heavy (non-hydrogen) atoms. The van der Waals surface area contributed by atoms with Gasteiger partial charge in [-0.25, -0.2) is 14.6 Å². The number of aromatic nitrogens is 1. The Balaban J connectivity index is 1.67. The molecule has 0 radical (unpaired) electrons. The monoisotopic (exact) mass is 535 g/mol. The molecule has 0 saturated carbocycles. The molecule has 198 valence electrons. The van der Waals surface area contributed by atoms with Crippen molar-refractivity contribution in [2.45, 2.75) is 19.8 Å². The minimum absolute atomic E-state index is 0.348. The summed E-state index contributed by atoms with van der Waals surface area (Å²) >= 11 is 1.45.